The number of hydrogen-bond donors (Lipinski definition) is 8. The molecule has 40 heavy (non-hydrogen) atoms. The standard InChI is InChI=1S/C14H35NO12P4.C7H10N2/c1-5-9-14(30(22,23)24,31(25,26-11-7-3)27-12-8-4)15(10-6-2)13(28(16,17)18)29(19,20)21;1-5-2-3-6(8)4-7(5)9/h13H,5-12H2,1-4H3,(H2,16,17,18)(H2,19,20,21)(H2,22,23,24);2-4H,8-9H2,1H3. The van der Waals surface area contributed by atoms with Gasteiger partial charge in [0.25, 0.3) is 0 Å². The van der Waals surface area contributed by atoms with Gasteiger partial charge in [0.1, 0.15) is 0 Å². The van der Waals surface area contributed by atoms with Crippen molar-refractivity contribution in [2.75, 3.05) is 31.2 Å². The molecule has 1 aromatic carbocycles. The van der Waals surface area contributed by atoms with E-state index in [-0.39, 0.29) is 43.8 Å². The number of nitrogens with two attached hydrogens (primary N) is 2. The Morgan fingerprint density at radius 2 is 1.30 bits per heavy atom. The molecule has 0 spiro atoms. The van der Waals surface area contributed by atoms with Gasteiger partial charge in [0.2, 0.25) is 10.5 Å². The third-order valence-corrected chi connectivity index (χ3v) is 14.4. The van der Waals surface area contributed by atoms with Crippen molar-refractivity contribution < 1.29 is 56.7 Å². The monoisotopic (exact) mass is 655 g/mol. The van der Waals surface area contributed by atoms with E-state index in [4.69, 9.17) is 20.5 Å². The molecule has 1 aromatic rings. The molecule has 0 amide bonds. The lowest BCUT2D eigenvalue weighted by atomic mass is 10.2. The van der Waals surface area contributed by atoms with Crippen LogP contribution in [-0.4, -0.2) is 64.6 Å². The highest BCUT2D eigenvalue weighted by atomic mass is 31.2. The molecule has 1 unspecified atom stereocenters. The van der Waals surface area contributed by atoms with E-state index < -0.39 is 53.9 Å². The SMILES string of the molecule is CCCOP(=O)(OCCC)C(CCC)(N(CCC)C(P(=O)(O)O)P(=O)(O)O)P(=O)(O)O.Cc1ccc(N)cc1N. The van der Waals surface area contributed by atoms with E-state index in [1.165, 1.54) is 13.8 Å². The Balaban J connectivity index is 0.00000141. The number of hydrogen-bond acceptors (Lipinski definition) is 9. The van der Waals surface area contributed by atoms with E-state index in [1.807, 2.05) is 19.1 Å². The molecule has 0 aromatic heterocycles. The maximum absolute atomic E-state index is 14.0. The molecule has 1 atom stereocenters. The summed E-state index contributed by atoms with van der Waals surface area (Å²) in [5.41, 5.74) is 10.6. The van der Waals surface area contributed by atoms with Crippen LogP contribution in [-0.2, 0) is 27.3 Å². The molecule has 0 bridgehead atoms. The second-order valence-electron chi connectivity index (χ2n) is 9.07. The van der Waals surface area contributed by atoms with Gasteiger partial charge in [-0.1, -0.05) is 40.2 Å². The van der Waals surface area contributed by atoms with Crippen molar-refractivity contribution in [3.05, 3.63) is 23.8 Å². The topological polar surface area (TPSA) is 263 Å². The number of nitrogen functional groups attached to an aromatic ring is 2. The zero-order valence-corrected chi connectivity index (χ0v) is 27.1. The average molecular weight is 655 g/mol. The largest absolute Gasteiger partial charge is 0.399 e. The second-order valence-corrected chi connectivity index (χ2v) is 17.2. The molecule has 0 aliphatic carbocycles. The fraction of sp³-hybridized carbons (Fsp3) is 0.714. The molecule has 0 fully saturated rings. The van der Waals surface area contributed by atoms with E-state index in [2.05, 4.69) is 0 Å². The van der Waals surface area contributed by atoms with Gasteiger partial charge in [-0.15, -0.1) is 0 Å². The van der Waals surface area contributed by atoms with E-state index in [9.17, 15) is 47.6 Å². The molecular formula is C21H45N3O12P4. The highest BCUT2D eigenvalue weighted by Gasteiger charge is 2.70. The zero-order chi connectivity index (χ0) is 31.6. The van der Waals surface area contributed by atoms with Crippen LogP contribution in [0.1, 0.15) is 65.4 Å². The lowest BCUT2D eigenvalue weighted by Crippen LogP contribution is -2.54. The Labute approximate surface area is 235 Å². The van der Waals surface area contributed by atoms with Gasteiger partial charge in [-0.2, -0.15) is 0 Å². The third-order valence-electron chi connectivity index (χ3n) is 5.53. The van der Waals surface area contributed by atoms with Gasteiger partial charge in [-0.05, 0) is 50.3 Å². The summed E-state index contributed by atoms with van der Waals surface area (Å²) >= 11 is 0. The predicted molar refractivity (Wildman–Crippen MR) is 155 cm³/mol. The zero-order valence-electron chi connectivity index (χ0n) is 23.5. The van der Waals surface area contributed by atoms with Crippen LogP contribution in [0.2, 0.25) is 0 Å². The molecule has 0 saturated carbocycles. The van der Waals surface area contributed by atoms with Crippen molar-refractivity contribution in [2.24, 2.45) is 0 Å². The first-order chi connectivity index (χ1) is 18.2. The van der Waals surface area contributed by atoms with Crippen LogP contribution >= 0.6 is 30.4 Å². The molecule has 10 N–H and O–H groups in total. The quantitative estimate of drug-likeness (QED) is 0.0917. The van der Waals surface area contributed by atoms with Crippen molar-refractivity contribution in [2.45, 2.75) is 77.3 Å². The number of rotatable bonds is 16. The Hall–Kier alpha value is -0.620. The van der Waals surface area contributed by atoms with E-state index in [0.717, 1.165) is 16.9 Å². The normalized spacial score (nSPS) is 14.6. The van der Waals surface area contributed by atoms with Crippen LogP contribution in [0, 0.1) is 6.92 Å². The molecule has 0 aliphatic rings. The number of nitrogens with zero attached hydrogens (tertiary/aromatic N) is 1. The molecule has 1 rings (SSSR count). The van der Waals surface area contributed by atoms with Crippen LogP contribution < -0.4 is 11.5 Å². The molecule has 15 nitrogen and oxygen atoms in total. The molecule has 0 aliphatic heterocycles. The first kappa shape index (κ1) is 39.4. The van der Waals surface area contributed by atoms with Gasteiger partial charge in [-0.25, -0.2) is 0 Å². The summed E-state index contributed by atoms with van der Waals surface area (Å²) in [5.74, 6) is 0. The molecule has 0 heterocycles. The smallest absolute Gasteiger partial charge is 0.363 e. The van der Waals surface area contributed by atoms with Crippen LogP contribution in [0.4, 0.5) is 11.4 Å². The minimum atomic E-state index is -5.71. The Morgan fingerprint density at radius 3 is 1.60 bits per heavy atom. The first-order valence-corrected chi connectivity index (χ1v) is 19.1. The number of anilines is 2. The summed E-state index contributed by atoms with van der Waals surface area (Å²) < 4.78 is 61.9. The number of benzene rings is 1. The van der Waals surface area contributed by atoms with Gasteiger partial charge in [0, 0.05) is 17.9 Å². The predicted octanol–water partition coefficient (Wildman–Crippen LogP) is 4.17. The Kier molecular flexibility index (Phi) is 16.0. The lowest BCUT2D eigenvalue weighted by Gasteiger charge is -2.49. The van der Waals surface area contributed by atoms with E-state index in [0.29, 0.717) is 0 Å². The van der Waals surface area contributed by atoms with Gasteiger partial charge in [-0.3, -0.25) is 23.2 Å². The molecule has 0 saturated heterocycles. The molecule has 236 valence electrons. The summed E-state index contributed by atoms with van der Waals surface area (Å²) in [4.78, 5) is 60.2. The van der Waals surface area contributed by atoms with E-state index in [1.54, 1.807) is 19.9 Å². The summed E-state index contributed by atoms with van der Waals surface area (Å²) in [6.45, 7) is 6.97. The fourth-order valence-corrected chi connectivity index (χ4v) is 12.2. The van der Waals surface area contributed by atoms with Crippen molar-refractivity contribution in [3.63, 3.8) is 0 Å². The van der Waals surface area contributed by atoms with Crippen LogP contribution in [0.25, 0.3) is 0 Å². The maximum Gasteiger partial charge on any atom is 0.363 e. The first-order valence-electron chi connectivity index (χ1n) is 12.6. The average Bonchev–Trinajstić information content (AvgIpc) is 2.80. The molecule has 19 heteroatoms. The van der Waals surface area contributed by atoms with E-state index >= 15 is 0 Å². The van der Waals surface area contributed by atoms with Crippen molar-refractivity contribution in [3.8, 4) is 0 Å². The summed E-state index contributed by atoms with van der Waals surface area (Å²) in [5, 5.41) is -3.03. The van der Waals surface area contributed by atoms with Gasteiger partial charge >= 0.3 is 30.4 Å². The second kappa shape index (κ2) is 16.3. The summed E-state index contributed by atoms with van der Waals surface area (Å²) in [6.07, 6.45) is -0.259. The summed E-state index contributed by atoms with van der Waals surface area (Å²) in [6, 6.07) is 5.51. The Morgan fingerprint density at radius 1 is 0.825 bits per heavy atom. The lowest BCUT2D eigenvalue weighted by molar-refractivity contribution is 0.107. The minimum Gasteiger partial charge on any atom is -0.399 e. The fourth-order valence-electron chi connectivity index (χ4n) is 3.85. The van der Waals surface area contributed by atoms with Gasteiger partial charge < -0.3 is 49.9 Å². The maximum atomic E-state index is 14.0. The van der Waals surface area contributed by atoms with Gasteiger partial charge in [0.05, 0.1) is 13.2 Å². The van der Waals surface area contributed by atoms with Crippen molar-refractivity contribution >= 4 is 41.8 Å². The van der Waals surface area contributed by atoms with Crippen LogP contribution in [0.3, 0.4) is 0 Å². The van der Waals surface area contributed by atoms with Crippen molar-refractivity contribution in [1.29, 1.82) is 0 Å². The highest BCUT2D eigenvalue weighted by molar-refractivity contribution is 7.74. The summed E-state index contributed by atoms with van der Waals surface area (Å²) in [7, 11) is -22.0. The molecular weight excluding hydrogens is 610 g/mol. The van der Waals surface area contributed by atoms with Crippen molar-refractivity contribution in [1.82, 2.24) is 4.90 Å². The van der Waals surface area contributed by atoms with Crippen LogP contribution in [0.5, 0.6) is 0 Å². The number of aryl methyl sites for hydroxylation is 1. The van der Waals surface area contributed by atoms with Gasteiger partial charge in [0.15, 0.2) is 0 Å². The minimum absolute atomic E-state index is 0.0382. The highest BCUT2D eigenvalue weighted by Crippen LogP contribution is 2.79. The van der Waals surface area contributed by atoms with Crippen LogP contribution in [0.15, 0.2) is 18.2 Å². The molecule has 0 radical (unpaired) electrons. The third kappa shape index (κ3) is 10.3. The Bertz CT molecular complexity index is 1090.